The maximum Gasteiger partial charge on any atom is 0.306 e. The molecule has 8 heteroatoms. The number of carbonyl (C=O) groups is 1. The molecule has 0 saturated carbocycles. The summed E-state index contributed by atoms with van der Waals surface area (Å²) in [7, 11) is 0. The summed E-state index contributed by atoms with van der Waals surface area (Å²) in [5.74, 6) is -3.39. The van der Waals surface area contributed by atoms with Crippen molar-refractivity contribution in [3.8, 4) is 11.6 Å². The van der Waals surface area contributed by atoms with Crippen LogP contribution in [0.5, 0.6) is 5.75 Å². The van der Waals surface area contributed by atoms with E-state index in [1.54, 1.807) is 42.9 Å². The number of rotatable bonds is 8. The molecule has 0 aliphatic rings. The van der Waals surface area contributed by atoms with Gasteiger partial charge in [-0.3, -0.25) is 4.79 Å². The van der Waals surface area contributed by atoms with Gasteiger partial charge in [0.25, 0.3) is 0 Å². The van der Waals surface area contributed by atoms with Crippen molar-refractivity contribution in [2.24, 2.45) is 5.92 Å². The van der Waals surface area contributed by atoms with E-state index in [2.05, 4.69) is 10.1 Å². The Balaban J connectivity index is 1.79. The number of aromatic nitrogens is 3. The van der Waals surface area contributed by atoms with Crippen LogP contribution in [0.1, 0.15) is 30.3 Å². The summed E-state index contributed by atoms with van der Waals surface area (Å²) in [6, 6.07) is 9.32. The number of aryl methyl sites for hydroxylation is 1. The van der Waals surface area contributed by atoms with Crippen LogP contribution >= 0.6 is 0 Å². The standard InChI is InChI=1S/C21H21F2N3O3/c1-3-15(21(27)28)9-14-10-17(22)20(18(23)11-14)29-12-16-8-13(2)25-26(16)19-6-4-5-7-24-19/h4-8,10-11,15H,3,9,12H2,1-2H3,(H,27,28). The van der Waals surface area contributed by atoms with Crippen LogP contribution in [0.25, 0.3) is 5.82 Å². The molecule has 0 fully saturated rings. The maximum atomic E-state index is 14.5. The zero-order valence-corrected chi connectivity index (χ0v) is 16.1. The van der Waals surface area contributed by atoms with Gasteiger partial charge in [0.05, 0.1) is 17.3 Å². The molecule has 3 aromatic rings. The van der Waals surface area contributed by atoms with Crippen molar-refractivity contribution in [2.45, 2.75) is 33.3 Å². The molecule has 2 aromatic heterocycles. The second kappa shape index (κ2) is 8.81. The van der Waals surface area contributed by atoms with Crippen LogP contribution in [0, 0.1) is 24.5 Å². The van der Waals surface area contributed by atoms with Crippen molar-refractivity contribution in [2.75, 3.05) is 0 Å². The van der Waals surface area contributed by atoms with Crippen LogP contribution in [0.3, 0.4) is 0 Å². The highest BCUT2D eigenvalue weighted by atomic mass is 19.1. The van der Waals surface area contributed by atoms with E-state index in [0.29, 0.717) is 23.6 Å². The van der Waals surface area contributed by atoms with Crippen molar-refractivity contribution in [1.82, 2.24) is 14.8 Å². The summed E-state index contributed by atoms with van der Waals surface area (Å²) in [6.45, 7) is 3.40. The molecule has 2 heterocycles. The Morgan fingerprint density at radius 2 is 1.97 bits per heavy atom. The van der Waals surface area contributed by atoms with Gasteiger partial charge in [-0.25, -0.2) is 18.4 Å². The number of carboxylic acids is 1. The molecule has 152 valence electrons. The second-order valence-electron chi connectivity index (χ2n) is 6.70. The molecule has 6 nitrogen and oxygen atoms in total. The first-order valence-corrected chi connectivity index (χ1v) is 9.19. The Bertz CT molecular complexity index is 983. The molecule has 0 aliphatic carbocycles. The fourth-order valence-electron chi connectivity index (χ4n) is 3.04. The van der Waals surface area contributed by atoms with E-state index in [4.69, 9.17) is 9.84 Å². The van der Waals surface area contributed by atoms with E-state index in [1.807, 2.05) is 6.07 Å². The first-order chi connectivity index (χ1) is 13.9. The molecule has 0 bridgehead atoms. The lowest BCUT2D eigenvalue weighted by molar-refractivity contribution is -0.141. The minimum absolute atomic E-state index is 0.0472. The van der Waals surface area contributed by atoms with Gasteiger partial charge in [0.15, 0.2) is 23.2 Å². The lowest BCUT2D eigenvalue weighted by Gasteiger charge is -2.13. The quantitative estimate of drug-likeness (QED) is 0.615. The second-order valence-corrected chi connectivity index (χ2v) is 6.70. The summed E-state index contributed by atoms with van der Waals surface area (Å²) >= 11 is 0. The summed E-state index contributed by atoms with van der Waals surface area (Å²) in [6.07, 6.45) is 2.04. The van der Waals surface area contributed by atoms with E-state index >= 15 is 0 Å². The molecule has 0 aliphatic heterocycles. The molecule has 0 amide bonds. The number of ether oxygens (including phenoxy) is 1. The van der Waals surface area contributed by atoms with Crippen molar-refractivity contribution in [1.29, 1.82) is 0 Å². The predicted molar refractivity (Wildman–Crippen MR) is 102 cm³/mol. The maximum absolute atomic E-state index is 14.5. The van der Waals surface area contributed by atoms with E-state index in [0.717, 1.165) is 12.1 Å². The molecule has 1 unspecified atom stereocenters. The number of aliphatic carboxylic acids is 1. The molecule has 0 saturated heterocycles. The average Bonchev–Trinajstić information content (AvgIpc) is 3.06. The van der Waals surface area contributed by atoms with Gasteiger partial charge in [0.1, 0.15) is 6.61 Å². The van der Waals surface area contributed by atoms with Gasteiger partial charge >= 0.3 is 5.97 Å². The molecule has 0 radical (unpaired) electrons. The van der Waals surface area contributed by atoms with Gasteiger partial charge in [0.2, 0.25) is 0 Å². The first-order valence-electron chi connectivity index (χ1n) is 9.19. The number of benzene rings is 1. The van der Waals surface area contributed by atoms with Crippen LogP contribution in [-0.2, 0) is 17.8 Å². The molecule has 1 atom stereocenters. The third-order valence-corrected chi connectivity index (χ3v) is 4.52. The molecular formula is C21H21F2N3O3. The monoisotopic (exact) mass is 401 g/mol. The van der Waals surface area contributed by atoms with Gasteiger partial charge in [-0.05, 0) is 55.7 Å². The molecule has 1 N–H and O–H groups in total. The van der Waals surface area contributed by atoms with Crippen LogP contribution in [0.2, 0.25) is 0 Å². The van der Waals surface area contributed by atoms with Gasteiger partial charge in [-0.15, -0.1) is 0 Å². The minimum Gasteiger partial charge on any atom is -0.481 e. The Kier molecular flexibility index (Phi) is 6.21. The van der Waals surface area contributed by atoms with E-state index in [-0.39, 0.29) is 18.6 Å². The van der Waals surface area contributed by atoms with Crippen molar-refractivity contribution in [3.05, 3.63) is 71.2 Å². The van der Waals surface area contributed by atoms with Crippen molar-refractivity contribution in [3.63, 3.8) is 0 Å². The SMILES string of the molecule is CCC(Cc1cc(F)c(OCc2cc(C)nn2-c2ccccn2)c(F)c1)C(=O)O. The van der Waals surface area contributed by atoms with Gasteiger partial charge in [-0.1, -0.05) is 13.0 Å². The highest BCUT2D eigenvalue weighted by Gasteiger charge is 2.20. The van der Waals surface area contributed by atoms with Gasteiger partial charge in [-0.2, -0.15) is 5.10 Å². The summed E-state index contributed by atoms with van der Waals surface area (Å²) in [5.41, 5.74) is 1.57. The number of carboxylic acid groups (broad SMARTS) is 1. The Morgan fingerprint density at radius 1 is 1.24 bits per heavy atom. The Morgan fingerprint density at radius 3 is 2.55 bits per heavy atom. The van der Waals surface area contributed by atoms with Crippen molar-refractivity contribution >= 4 is 5.97 Å². The summed E-state index contributed by atoms with van der Waals surface area (Å²) in [4.78, 5) is 15.4. The van der Waals surface area contributed by atoms with Crippen molar-refractivity contribution < 1.29 is 23.4 Å². The summed E-state index contributed by atoms with van der Waals surface area (Å²) in [5, 5.41) is 13.5. The highest BCUT2D eigenvalue weighted by molar-refractivity contribution is 5.70. The fourth-order valence-corrected chi connectivity index (χ4v) is 3.04. The Hall–Kier alpha value is -3.29. The van der Waals surface area contributed by atoms with Gasteiger partial charge in [0, 0.05) is 6.20 Å². The minimum atomic E-state index is -0.994. The topological polar surface area (TPSA) is 77.2 Å². The average molecular weight is 401 g/mol. The van der Waals surface area contributed by atoms with Crippen LogP contribution in [-0.4, -0.2) is 25.8 Å². The third kappa shape index (κ3) is 4.77. The molecular weight excluding hydrogens is 380 g/mol. The van der Waals surface area contributed by atoms with Gasteiger partial charge < -0.3 is 9.84 Å². The zero-order valence-electron chi connectivity index (χ0n) is 16.1. The summed E-state index contributed by atoms with van der Waals surface area (Å²) < 4.78 is 35.9. The van der Waals surface area contributed by atoms with E-state index < -0.39 is 29.3 Å². The molecule has 0 spiro atoms. The Labute approximate surface area is 166 Å². The highest BCUT2D eigenvalue weighted by Crippen LogP contribution is 2.26. The largest absolute Gasteiger partial charge is 0.481 e. The smallest absolute Gasteiger partial charge is 0.306 e. The van der Waals surface area contributed by atoms with Crippen LogP contribution < -0.4 is 4.74 Å². The molecule has 1 aromatic carbocycles. The number of hydrogen-bond donors (Lipinski definition) is 1. The van der Waals surface area contributed by atoms with E-state index in [9.17, 15) is 13.6 Å². The van der Waals surface area contributed by atoms with E-state index in [1.165, 1.54) is 0 Å². The predicted octanol–water partition coefficient (Wildman–Crippen LogP) is 4.09. The normalized spacial score (nSPS) is 12.0. The number of hydrogen-bond acceptors (Lipinski definition) is 4. The number of pyridine rings is 1. The fraction of sp³-hybridized carbons (Fsp3) is 0.286. The zero-order chi connectivity index (χ0) is 21.0. The number of halogens is 2. The lowest BCUT2D eigenvalue weighted by Crippen LogP contribution is -2.15. The third-order valence-electron chi connectivity index (χ3n) is 4.52. The molecule has 29 heavy (non-hydrogen) atoms. The number of nitrogens with zero attached hydrogens (tertiary/aromatic N) is 3. The van der Waals surface area contributed by atoms with Crippen LogP contribution in [0.15, 0.2) is 42.6 Å². The first kappa shape index (κ1) is 20.4. The molecule has 3 rings (SSSR count). The lowest BCUT2D eigenvalue weighted by atomic mass is 9.97. The van der Waals surface area contributed by atoms with Crippen LogP contribution in [0.4, 0.5) is 8.78 Å².